The maximum Gasteiger partial charge on any atom is 0.257 e. The third-order valence-electron chi connectivity index (χ3n) is 6.50. The fourth-order valence-electron chi connectivity index (χ4n) is 4.60. The van der Waals surface area contributed by atoms with E-state index in [0.29, 0.717) is 28.4 Å². The van der Waals surface area contributed by atoms with Crippen molar-refractivity contribution < 1.29 is 19.1 Å². The number of carbonyl (C=O) groups excluding carboxylic acids is 2. The molecule has 1 heterocycles. The fourth-order valence-corrected chi connectivity index (χ4v) is 4.60. The van der Waals surface area contributed by atoms with Crippen LogP contribution in [0, 0.1) is 5.92 Å². The number of fused-ring (bicyclic) bond motifs is 2. The number of nitrogens with one attached hydrogen (secondary N) is 2. The minimum atomic E-state index is -0.538. The van der Waals surface area contributed by atoms with Crippen LogP contribution in [0.1, 0.15) is 48.9 Å². The Hall–Kier alpha value is -3.54. The molecule has 2 saturated carbocycles. The molecule has 3 aromatic carbocycles. The van der Waals surface area contributed by atoms with Gasteiger partial charge in [-0.1, -0.05) is 24.3 Å². The average molecular weight is 428 g/mol. The summed E-state index contributed by atoms with van der Waals surface area (Å²) < 4.78 is 12.2. The van der Waals surface area contributed by atoms with E-state index in [0.717, 1.165) is 49.3 Å². The lowest BCUT2D eigenvalue weighted by molar-refractivity contribution is -0.117. The van der Waals surface area contributed by atoms with Gasteiger partial charge in [0, 0.05) is 30.5 Å². The van der Waals surface area contributed by atoms with Crippen LogP contribution in [0.3, 0.4) is 0 Å². The maximum absolute atomic E-state index is 13.3. The van der Waals surface area contributed by atoms with E-state index in [1.165, 1.54) is 0 Å². The number of carbonyl (C=O) groups is 2. The van der Waals surface area contributed by atoms with Crippen LogP contribution in [0.25, 0.3) is 10.8 Å². The lowest BCUT2D eigenvalue weighted by Crippen LogP contribution is -2.34. The van der Waals surface area contributed by atoms with Crippen LogP contribution in [-0.4, -0.2) is 17.6 Å². The summed E-state index contributed by atoms with van der Waals surface area (Å²) >= 11 is 0. The van der Waals surface area contributed by atoms with Crippen molar-refractivity contribution in [2.45, 2.75) is 44.3 Å². The Morgan fingerprint density at radius 2 is 1.56 bits per heavy atom. The van der Waals surface area contributed by atoms with Gasteiger partial charge in [0.1, 0.15) is 0 Å². The van der Waals surface area contributed by atoms with Crippen LogP contribution in [0.5, 0.6) is 11.5 Å². The van der Waals surface area contributed by atoms with E-state index in [1.54, 1.807) is 0 Å². The zero-order valence-electron chi connectivity index (χ0n) is 17.6. The molecule has 2 fully saturated rings. The van der Waals surface area contributed by atoms with Crippen molar-refractivity contribution >= 4 is 34.0 Å². The molecular formula is C26H24N2O4. The van der Waals surface area contributed by atoms with Crippen LogP contribution in [-0.2, 0) is 4.79 Å². The lowest BCUT2D eigenvalue weighted by atomic mass is 10.0. The molecule has 1 aliphatic heterocycles. The van der Waals surface area contributed by atoms with Crippen molar-refractivity contribution in [3.63, 3.8) is 0 Å². The van der Waals surface area contributed by atoms with Crippen LogP contribution in [0.15, 0.2) is 54.6 Å². The standard InChI is InChI=1S/C26H24N2O4/c29-24(16-7-8-16)28-21-14-18-6-2-1-5-17(18)13-20(21)25(30)27-19-9-10-22-23(15-19)32-26(31-22)11-3-4-12-26/h1-2,5-6,9-10,13-16H,3-4,7-8,11-12H2,(H,27,30)(H,28,29). The smallest absolute Gasteiger partial charge is 0.257 e. The van der Waals surface area contributed by atoms with Gasteiger partial charge in [0.05, 0.1) is 11.3 Å². The highest BCUT2D eigenvalue weighted by molar-refractivity contribution is 6.13. The second-order valence-electron chi connectivity index (χ2n) is 8.95. The average Bonchev–Trinajstić information content (AvgIpc) is 3.46. The van der Waals surface area contributed by atoms with Crippen LogP contribution in [0.4, 0.5) is 11.4 Å². The van der Waals surface area contributed by atoms with Crippen molar-refractivity contribution in [1.82, 2.24) is 0 Å². The summed E-state index contributed by atoms with van der Waals surface area (Å²) in [7, 11) is 0. The molecule has 3 aliphatic rings. The van der Waals surface area contributed by atoms with E-state index < -0.39 is 5.79 Å². The van der Waals surface area contributed by atoms with E-state index in [9.17, 15) is 9.59 Å². The largest absolute Gasteiger partial charge is 0.448 e. The lowest BCUT2D eigenvalue weighted by Gasteiger charge is -2.21. The Bertz CT molecular complexity index is 1240. The van der Waals surface area contributed by atoms with Gasteiger partial charge in [-0.3, -0.25) is 9.59 Å². The third-order valence-corrected chi connectivity index (χ3v) is 6.50. The first-order valence-corrected chi connectivity index (χ1v) is 11.3. The molecule has 2 N–H and O–H groups in total. The monoisotopic (exact) mass is 428 g/mol. The summed E-state index contributed by atoms with van der Waals surface area (Å²) in [5.41, 5.74) is 1.59. The molecule has 0 aromatic heterocycles. The highest BCUT2D eigenvalue weighted by Gasteiger charge is 2.44. The Kier molecular flexibility index (Phi) is 4.35. The molecule has 32 heavy (non-hydrogen) atoms. The van der Waals surface area contributed by atoms with E-state index in [-0.39, 0.29) is 17.7 Å². The molecule has 0 radical (unpaired) electrons. The number of ether oxygens (including phenoxy) is 2. The summed E-state index contributed by atoms with van der Waals surface area (Å²) in [6.45, 7) is 0. The van der Waals surface area contributed by atoms with Crippen molar-refractivity contribution in [3.8, 4) is 11.5 Å². The Balaban J connectivity index is 1.28. The quantitative estimate of drug-likeness (QED) is 0.577. The second kappa shape index (κ2) is 7.26. The van der Waals surface area contributed by atoms with Gasteiger partial charge in [-0.25, -0.2) is 0 Å². The molecule has 0 unspecified atom stereocenters. The predicted molar refractivity (Wildman–Crippen MR) is 122 cm³/mol. The number of rotatable bonds is 4. The van der Waals surface area contributed by atoms with Gasteiger partial charge in [0.15, 0.2) is 11.5 Å². The van der Waals surface area contributed by atoms with Gasteiger partial charge >= 0.3 is 0 Å². The molecule has 2 amide bonds. The summed E-state index contributed by atoms with van der Waals surface area (Å²) in [4.78, 5) is 25.7. The molecule has 6 nitrogen and oxygen atoms in total. The first-order chi connectivity index (χ1) is 15.6. The minimum Gasteiger partial charge on any atom is -0.448 e. The Morgan fingerprint density at radius 1 is 0.844 bits per heavy atom. The van der Waals surface area contributed by atoms with Gasteiger partial charge in [-0.15, -0.1) is 0 Å². The first-order valence-electron chi connectivity index (χ1n) is 11.3. The number of anilines is 2. The predicted octanol–water partition coefficient (Wildman–Crippen LogP) is 5.48. The van der Waals surface area contributed by atoms with Gasteiger partial charge in [-0.2, -0.15) is 0 Å². The SMILES string of the molecule is O=C(Nc1ccc2c(c1)OC1(CCCC1)O2)c1cc2ccccc2cc1NC(=O)C1CC1. The number of hydrogen-bond acceptors (Lipinski definition) is 4. The van der Waals surface area contributed by atoms with Crippen molar-refractivity contribution in [2.24, 2.45) is 5.92 Å². The van der Waals surface area contributed by atoms with Crippen molar-refractivity contribution in [1.29, 1.82) is 0 Å². The minimum absolute atomic E-state index is 0.0285. The number of amides is 2. The highest BCUT2D eigenvalue weighted by Crippen LogP contribution is 2.47. The van der Waals surface area contributed by atoms with Gasteiger partial charge in [0.2, 0.25) is 5.91 Å². The third kappa shape index (κ3) is 3.45. The first kappa shape index (κ1) is 19.2. The summed E-state index contributed by atoms with van der Waals surface area (Å²) in [5, 5.41) is 7.84. The molecule has 162 valence electrons. The van der Waals surface area contributed by atoms with Crippen LogP contribution in [0.2, 0.25) is 0 Å². The van der Waals surface area contributed by atoms with Crippen LogP contribution >= 0.6 is 0 Å². The number of benzene rings is 3. The molecule has 6 heteroatoms. The highest BCUT2D eigenvalue weighted by atomic mass is 16.7. The Labute approximate surface area is 185 Å². The summed E-state index contributed by atoms with van der Waals surface area (Å²) in [5.74, 6) is 0.576. The maximum atomic E-state index is 13.3. The molecule has 0 atom stereocenters. The molecule has 3 aromatic rings. The van der Waals surface area contributed by atoms with Crippen molar-refractivity contribution in [2.75, 3.05) is 10.6 Å². The van der Waals surface area contributed by atoms with E-state index in [4.69, 9.17) is 9.47 Å². The molecule has 6 rings (SSSR count). The topological polar surface area (TPSA) is 76.7 Å². The Morgan fingerprint density at radius 3 is 2.31 bits per heavy atom. The zero-order valence-corrected chi connectivity index (χ0v) is 17.6. The van der Waals surface area contributed by atoms with Gasteiger partial charge in [0.25, 0.3) is 11.7 Å². The van der Waals surface area contributed by atoms with E-state index >= 15 is 0 Å². The van der Waals surface area contributed by atoms with Crippen molar-refractivity contribution in [3.05, 3.63) is 60.2 Å². The zero-order chi connectivity index (χ0) is 21.7. The second-order valence-corrected chi connectivity index (χ2v) is 8.95. The molecular weight excluding hydrogens is 404 g/mol. The van der Waals surface area contributed by atoms with Crippen LogP contribution < -0.4 is 20.1 Å². The van der Waals surface area contributed by atoms with E-state index in [2.05, 4.69) is 10.6 Å². The van der Waals surface area contributed by atoms with E-state index in [1.807, 2.05) is 54.6 Å². The molecule has 2 aliphatic carbocycles. The molecule has 0 saturated heterocycles. The van der Waals surface area contributed by atoms with Gasteiger partial charge in [-0.05, 0) is 60.7 Å². The summed E-state index contributed by atoms with van der Waals surface area (Å²) in [6, 6.07) is 17.0. The number of hydrogen-bond donors (Lipinski definition) is 2. The molecule has 0 bridgehead atoms. The molecule has 1 spiro atoms. The fraction of sp³-hybridized carbons (Fsp3) is 0.308. The summed E-state index contributed by atoms with van der Waals surface area (Å²) in [6.07, 6.45) is 5.75. The normalized spacial score (nSPS) is 18.1. The van der Waals surface area contributed by atoms with Gasteiger partial charge < -0.3 is 20.1 Å².